The fourth-order valence-electron chi connectivity index (χ4n) is 6.53. The molecule has 1 amide bonds. The minimum Gasteiger partial charge on any atom is -0.496 e. The molecule has 6 rings (SSSR count). The van der Waals surface area contributed by atoms with Crippen molar-refractivity contribution in [3.63, 3.8) is 0 Å². The first-order valence-corrected chi connectivity index (χ1v) is 10.4. The first-order valence-electron chi connectivity index (χ1n) is 10.4. The minimum absolute atomic E-state index is 0.0124. The maximum atomic E-state index is 13.2. The largest absolute Gasteiger partial charge is 0.496 e. The number of allylic oxidation sites excluding steroid dienone is 1. The molecule has 0 radical (unpaired) electrons. The second-order valence-corrected chi connectivity index (χ2v) is 9.16. The van der Waals surface area contributed by atoms with Crippen LogP contribution in [0.2, 0.25) is 0 Å². The molecule has 4 bridgehead atoms. The Bertz CT molecular complexity index is 925. The average Bonchev–Trinajstić information content (AvgIpc) is 3.22. The quantitative estimate of drug-likeness (QED) is 0.763. The SMILES string of the molecule is C=CCc1cc(C(=O)NC23CC4CC(C2)CC(n2ncnn2)(C4)C3)ccc1OC. The third kappa shape index (κ3) is 3.03. The van der Waals surface area contributed by atoms with Gasteiger partial charge in [-0.05, 0) is 85.8 Å². The Kier molecular flexibility index (Phi) is 4.22. The summed E-state index contributed by atoms with van der Waals surface area (Å²) in [5, 5.41) is 16.0. The molecule has 7 nitrogen and oxygen atoms in total. The first-order chi connectivity index (χ1) is 14.0. The zero-order valence-electron chi connectivity index (χ0n) is 16.8. The highest BCUT2D eigenvalue weighted by atomic mass is 16.5. The lowest BCUT2D eigenvalue weighted by Crippen LogP contribution is -2.66. The molecule has 1 aromatic carbocycles. The highest BCUT2D eigenvalue weighted by Crippen LogP contribution is 2.60. The summed E-state index contributed by atoms with van der Waals surface area (Å²) in [5.74, 6) is 1.98. The van der Waals surface area contributed by atoms with Gasteiger partial charge in [0.25, 0.3) is 5.91 Å². The van der Waals surface area contributed by atoms with Crippen molar-refractivity contribution in [1.82, 2.24) is 25.5 Å². The molecule has 0 aliphatic heterocycles. The molecular formula is C22H27N5O2. The Hall–Kier alpha value is -2.70. The number of rotatable bonds is 6. The smallest absolute Gasteiger partial charge is 0.251 e. The molecule has 152 valence electrons. The summed E-state index contributed by atoms with van der Waals surface area (Å²) in [6.07, 6.45) is 10.4. The van der Waals surface area contributed by atoms with Crippen molar-refractivity contribution in [2.24, 2.45) is 11.8 Å². The number of carbonyl (C=O) groups excluding carboxylic acids is 1. The van der Waals surface area contributed by atoms with Crippen LogP contribution < -0.4 is 10.1 Å². The van der Waals surface area contributed by atoms with Gasteiger partial charge in [0.05, 0.1) is 12.6 Å². The molecule has 1 aromatic heterocycles. The van der Waals surface area contributed by atoms with Gasteiger partial charge in [-0.2, -0.15) is 4.80 Å². The molecular weight excluding hydrogens is 366 g/mol. The molecule has 0 saturated heterocycles. The second-order valence-electron chi connectivity index (χ2n) is 9.16. The molecule has 1 heterocycles. The standard InChI is InChI=1S/C22H27N5O2/c1-3-4-17-8-18(5-6-19(17)29-2)20(28)25-21-9-15-7-16(10-21)12-22(11-15,13-21)27-24-14-23-26-27/h3,5-6,8,14-16H,1,4,7,9-13H2,2H3,(H,25,28). The van der Waals surface area contributed by atoms with Crippen molar-refractivity contribution in [2.75, 3.05) is 7.11 Å². The average molecular weight is 393 g/mol. The Balaban J connectivity index is 1.42. The van der Waals surface area contributed by atoms with Crippen molar-refractivity contribution in [2.45, 2.75) is 56.0 Å². The van der Waals surface area contributed by atoms with E-state index < -0.39 is 0 Å². The van der Waals surface area contributed by atoms with Crippen LogP contribution in [0.4, 0.5) is 0 Å². The van der Waals surface area contributed by atoms with Gasteiger partial charge in [0, 0.05) is 11.1 Å². The molecule has 2 aromatic rings. The first kappa shape index (κ1) is 18.3. The Morgan fingerprint density at radius 1 is 1.34 bits per heavy atom. The number of ether oxygens (including phenoxy) is 1. The lowest BCUT2D eigenvalue weighted by molar-refractivity contribution is -0.0810. The number of benzene rings is 1. The molecule has 4 aliphatic carbocycles. The number of hydrogen-bond donors (Lipinski definition) is 1. The number of aromatic nitrogens is 4. The van der Waals surface area contributed by atoms with Crippen molar-refractivity contribution in [3.05, 3.63) is 48.3 Å². The van der Waals surface area contributed by atoms with E-state index in [-0.39, 0.29) is 17.0 Å². The molecule has 4 aliphatic rings. The van der Waals surface area contributed by atoms with Crippen LogP contribution in [0, 0.1) is 11.8 Å². The highest BCUT2D eigenvalue weighted by molar-refractivity contribution is 5.95. The van der Waals surface area contributed by atoms with Gasteiger partial charge in [-0.15, -0.1) is 16.8 Å². The monoisotopic (exact) mass is 393 g/mol. The Labute approximate surface area is 170 Å². The van der Waals surface area contributed by atoms with E-state index in [1.165, 1.54) is 12.7 Å². The zero-order valence-corrected chi connectivity index (χ0v) is 16.8. The van der Waals surface area contributed by atoms with E-state index >= 15 is 0 Å². The topological polar surface area (TPSA) is 81.9 Å². The van der Waals surface area contributed by atoms with Crippen LogP contribution in [0.25, 0.3) is 0 Å². The van der Waals surface area contributed by atoms with Crippen molar-refractivity contribution in [3.8, 4) is 5.75 Å². The highest BCUT2D eigenvalue weighted by Gasteiger charge is 2.60. The summed E-state index contributed by atoms with van der Waals surface area (Å²) >= 11 is 0. The number of nitrogens with zero attached hydrogens (tertiary/aromatic N) is 4. The molecule has 2 atom stereocenters. The van der Waals surface area contributed by atoms with Crippen LogP contribution in [0.5, 0.6) is 5.75 Å². The Morgan fingerprint density at radius 3 is 2.79 bits per heavy atom. The number of hydrogen-bond acceptors (Lipinski definition) is 5. The molecule has 0 spiro atoms. The summed E-state index contributed by atoms with van der Waals surface area (Å²) < 4.78 is 5.42. The normalized spacial score (nSPS) is 32.2. The van der Waals surface area contributed by atoms with E-state index in [9.17, 15) is 4.79 Å². The van der Waals surface area contributed by atoms with Gasteiger partial charge >= 0.3 is 0 Å². The number of nitrogens with one attached hydrogen (secondary N) is 1. The van der Waals surface area contributed by atoms with Gasteiger partial charge in [-0.3, -0.25) is 4.79 Å². The molecule has 1 N–H and O–H groups in total. The van der Waals surface area contributed by atoms with Crippen molar-refractivity contribution in [1.29, 1.82) is 0 Å². The van der Waals surface area contributed by atoms with Gasteiger partial charge in [-0.25, -0.2) is 0 Å². The molecule has 4 saturated carbocycles. The van der Waals surface area contributed by atoms with E-state index in [4.69, 9.17) is 4.74 Å². The summed E-state index contributed by atoms with van der Waals surface area (Å²) in [6.45, 7) is 3.81. The lowest BCUT2D eigenvalue weighted by Gasteiger charge is -2.61. The van der Waals surface area contributed by atoms with E-state index in [1.807, 2.05) is 29.1 Å². The van der Waals surface area contributed by atoms with Crippen molar-refractivity contribution < 1.29 is 9.53 Å². The summed E-state index contributed by atoms with van der Waals surface area (Å²) in [6, 6.07) is 5.63. The lowest BCUT2D eigenvalue weighted by atomic mass is 9.50. The van der Waals surface area contributed by atoms with Gasteiger partial charge in [0.1, 0.15) is 5.75 Å². The third-order valence-electron chi connectivity index (χ3n) is 7.09. The van der Waals surface area contributed by atoms with Gasteiger partial charge in [0.15, 0.2) is 6.33 Å². The van der Waals surface area contributed by atoms with Crippen LogP contribution in [0.15, 0.2) is 37.2 Å². The summed E-state index contributed by atoms with van der Waals surface area (Å²) in [4.78, 5) is 15.1. The van der Waals surface area contributed by atoms with Crippen LogP contribution >= 0.6 is 0 Å². The van der Waals surface area contributed by atoms with Crippen LogP contribution in [-0.2, 0) is 12.0 Å². The van der Waals surface area contributed by atoms with Gasteiger partial charge in [-0.1, -0.05) is 6.08 Å². The van der Waals surface area contributed by atoms with E-state index in [0.717, 1.165) is 43.4 Å². The fourth-order valence-corrected chi connectivity index (χ4v) is 6.53. The van der Waals surface area contributed by atoms with Crippen LogP contribution in [-0.4, -0.2) is 38.8 Å². The summed E-state index contributed by atoms with van der Waals surface area (Å²) in [7, 11) is 1.65. The van der Waals surface area contributed by atoms with E-state index in [0.29, 0.717) is 23.8 Å². The van der Waals surface area contributed by atoms with Crippen LogP contribution in [0.3, 0.4) is 0 Å². The van der Waals surface area contributed by atoms with Gasteiger partial charge in [0.2, 0.25) is 0 Å². The number of carbonyl (C=O) groups is 1. The maximum absolute atomic E-state index is 13.2. The van der Waals surface area contributed by atoms with E-state index in [1.54, 1.807) is 7.11 Å². The summed E-state index contributed by atoms with van der Waals surface area (Å²) in [5.41, 5.74) is 1.35. The number of amides is 1. The predicted molar refractivity (Wildman–Crippen MR) is 108 cm³/mol. The number of methoxy groups -OCH3 is 1. The van der Waals surface area contributed by atoms with Crippen LogP contribution in [0.1, 0.15) is 54.4 Å². The molecule has 2 unspecified atom stereocenters. The van der Waals surface area contributed by atoms with E-state index in [2.05, 4.69) is 27.3 Å². The van der Waals surface area contributed by atoms with Crippen molar-refractivity contribution >= 4 is 5.91 Å². The Morgan fingerprint density at radius 2 is 2.14 bits per heavy atom. The molecule has 7 heteroatoms. The number of tetrazole rings is 1. The predicted octanol–water partition coefficient (Wildman–Crippen LogP) is 2.89. The minimum atomic E-state index is -0.187. The third-order valence-corrected chi connectivity index (χ3v) is 7.09. The zero-order chi connectivity index (χ0) is 20.1. The maximum Gasteiger partial charge on any atom is 0.251 e. The molecule has 29 heavy (non-hydrogen) atoms. The second kappa shape index (κ2) is 6.68. The van der Waals surface area contributed by atoms with Gasteiger partial charge < -0.3 is 10.1 Å². The fraction of sp³-hybridized carbons (Fsp3) is 0.545. The molecule has 4 fully saturated rings.